The molecule has 0 bridgehead atoms. The van der Waals surface area contributed by atoms with Gasteiger partial charge >= 0.3 is 0 Å². The minimum atomic E-state index is -0.335. The molecule has 0 aliphatic heterocycles. The van der Waals surface area contributed by atoms with Crippen LogP contribution in [0.5, 0.6) is 0 Å². The van der Waals surface area contributed by atoms with Gasteiger partial charge in [0.1, 0.15) is 0 Å². The lowest BCUT2D eigenvalue weighted by atomic mass is 10.0. The van der Waals surface area contributed by atoms with E-state index in [4.69, 9.17) is 0 Å². The van der Waals surface area contributed by atoms with Gasteiger partial charge in [-0.05, 0) is 17.5 Å². The molecule has 0 saturated carbocycles. The van der Waals surface area contributed by atoms with E-state index in [-0.39, 0.29) is 12.0 Å². The smallest absolute Gasteiger partial charge is 0.0858 e. The number of aliphatic hydroxyl groups is 1. The standard InChI is InChI=1S/C11H12O/c1-2-8-7-9-5-3-4-6-10(9)11(8)12/h2-6,8,11-12H,1,7H2/t8-,11-/m0/s1. The highest BCUT2D eigenvalue weighted by Crippen LogP contribution is 2.35. The van der Waals surface area contributed by atoms with E-state index in [2.05, 4.69) is 12.6 Å². The molecule has 12 heavy (non-hydrogen) atoms. The van der Waals surface area contributed by atoms with Crippen molar-refractivity contribution in [2.45, 2.75) is 12.5 Å². The van der Waals surface area contributed by atoms with Crippen LogP contribution in [0.2, 0.25) is 0 Å². The second-order valence-corrected chi connectivity index (χ2v) is 3.25. The second-order valence-electron chi connectivity index (χ2n) is 3.25. The summed E-state index contributed by atoms with van der Waals surface area (Å²) in [6.07, 6.45) is 2.43. The van der Waals surface area contributed by atoms with Crippen molar-refractivity contribution in [3.05, 3.63) is 48.0 Å². The summed E-state index contributed by atoms with van der Waals surface area (Å²) in [4.78, 5) is 0. The van der Waals surface area contributed by atoms with Crippen molar-refractivity contribution < 1.29 is 5.11 Å². The lowest BCUT2D eigenvalue weighted by Crippen LogP contribution is -2.02. The molecule has 0 heterocycles. The summed E-state index contributed by atoms with van der Waals surface area (Å²) >= 11 is 0. The lowest BCUT2D eigenvalue weighted by molar-refractivity contribution is 0.146. The van der Waals surface area contributed by atoms with Crippen LogP contribution in [0.15, 0.2) is 36.9 Å². The molecule has 0 aromatic heterocycles. The van der Waals surface area contributed by atoms with Crippen LogP contribution in [0.25, 0.3) is 0 Å². The fourth-order valence-electron chi connectivity index (χ4n) is 1.82. The first-order valence-electron chi connectivity index (χ1n) is 4.21. The van der Waals surface area contributed by atoms with Gasteiger partial charge in [0.15, 0.2) is 0 Å². The van der Waals surface area contributed by atoms with E-state index in [0.717, 1.165) is 12.0 Å². The highest BCUT2D eigenvalue weighted by Gasteiger charge is 2.27. The van der Waals surface area contributed by atoms with Gasteiger partial charge in [0.2, 0.25) is 0 Å². The van der Waals surface area contributed by atoms with Gasteiger partial charge in [-0.15, -0.1) is 6.58 Å². The highest BCUT2D eigenvalue weighted by atomic mass is 16.3. The minimum absolute atomic E-state index is 0.211. The number of hydrogen-bond donors (Lipinski definition) is 1. The van der Waals surface area contributed by atoms with Crippen molar-refractivity contribution in [2.24, 2.45) is 5.92 Å². The van der Waals surface area contributed by atoms with Crippen molar-refractivity contribution in [2.75, 3.05) is 0 Å². The average molecular weight is 160 g/mol. The maximum absolute atomic E-state index is 9.77. The Kier molecular flexibility index (Phi) is 1.74. The second kappa shape index (κ2) is 2.76. The first kappa shape index (κ1) is 7.56. The average Bonchev–Trinajstić information content (AvgIpc) is 2.44. The summed E-state index contributed by atoms with van der Waals surface area (Å²) in [5, 5.41) is 9.77. The molecule has 0 fully saturated rings. The van der Waals surface area contributed by atoms with Crippen LogP contribution in [-0.4, -0.2) is 5.11 Å². The summed E-state index contributed by atoms with van der Waals surface area (Å²) in [7, 11) is 0. The zero-order valence-electron chi connectivity index (χ0n) is 6.90. The Morgan fingerprint density at radius 2 is 2.17 bits per heavy atom. The van der Waals surface area contributed by atoms with Crippen LogP contribution in [0.4, 0.5) is 0 Å². The third-order valence-corrected chi connectivity index (χ3v) is 2.54. The fourth-order valence-corrected chi connectivity index (χ4v) is 1.82. The Morgan fingerprint density at radius 3 is 2.83 bits per heavy atom. The summed E-state index contributed by atoms with van der Waals surface area (Å²) < 4.78 is 0. The van der Waals surface area contributed by atoms with Gasteiger partial charge in [0, 0.05) is 5.92 Å². The van der Waals surface area contributed by atoms with Crippen molar-refractivity contribution in [1.82, 2.24) is 0 Å². The van der Waals surface area contributed by atoms with E-state index in [9.17, 15) is 5.11 Å². The molecule has 1 heteroatoms. The fraction of sp³-hybridized carbons (Fsp3) is 0.273. The van der Waals surface area contributed by atoms with E-state index < -0.39 is 0 Å². The van der Waals surface area contributed by atoms with E-state index in [1.807, 2.05) is 24.3 Å². The first-order valence-corrected chi connectivity index (χ1v) is 4.21. The number of benzene rings is 1. The molecular formula is C11H12O. The molecule has 2 rings (SSSR count). The van der Waals surface area contributed by atoms with Gasteiger partial charge in [0.25, 0.3) is 0 Å². The normalized spacial score (nSPS) is 26.8. The number of rotatable bonds is 1. The number of aliphatic hydroxyl groups excluding tert-OH is 1. The first-order chi connectivity index (χ1) is 5.83. The third kappa shape index (κ3) is 0.978. The summed E-state index contributed by atoms with van der Waals surface area (Å²) in [6.45, 7) is 3.72. The Balaban J connectivity index is 2.41. The van der Waals surface area contributed by atoms with Crippen molar-refractivity contribution in [1.29, 1.82) is 0 Å². The van der Waals surface area contributed by atoms with Crippen LogP contribution in [-0.2, 0) is 6.42 Å². The minimum Gasteiger partial charge on any atom is -0.388 e. The van der Waals surface area contributed by atoms with Crippen LogP contribution in [0.1, 0.15) is 17.2 Å². The van der Waals surface area contributed by atoms with Crippen molar-refractivity contribution >= 4 is 0 Å². The Morgan fingerprint density at radius 1 is 1.42 bits per heavy atom. The molecule has 1 aromatic rings. The van der Waals surface area contributed by atoms with Gasteiger partial charge in [-0.2, -0.15) is 0 Å². The van der Waals surface area contributed by atoms with Gasteiger partial charge < -0.3 is 5.11 Å². The number of hydrogen-bond acceptors (Lipinski definition) is 1. The summed E-state index contributed by atoms with van der Waals surface area (Å²) in [5.41, 5.74) is 2.33. The van der Waals surface area contributed by atoms with Gasteiger partial charge in [0.05, 0.1) is 6.10 Å². The third-order valence-electron chi connectivity index (χ3n) is 2.54. The maximum Gasteiger partial charge on any atom is 0.0858 e. The highest BCUT2D eigenvalue weighted by molar-refractivity contribution is 5.35. The predicted octanol–water partition coefficient (Wildman–Crippen LogP) is 2.08. The monoisotopic (exact) mass is 160 g/mol. The van der Waals surface area contributed by atoms with E-state index in [1.54, 1.807) is 0 Å². The SMILES string of the molecule is C=C[C@H]1Cc2ccccc2[C@H]1O. The molecule has 2 atom stereocenters. The molecule has 62 valence electrons. The summed E-state index contributed by atoms with van der Waals surface area (Å²) in [6, 6.07) is 8.04. The van der Waals surface area contributed by atoms with Crippen LogP contribution >= 0.6 is 0 Å². The Hall–Kier alpha value is -1.08. The molecule has 0 spiro atoms. The van der Waals surface area contributed by atoms with Crippen molar-refractivity contribution in [3.8, 4) is 0 Å². The molecule has 0 radical (unpaired) electrons. The molecule has 0 saturated heterocycles. The topological polar surface area (TPSA) is 20.2 Å². The van der Waals surface area contributed by atoms with Crippen molar-refractivity contribution in [3.63, 3.8) is 0 Å². The van der Waals surface area contributed by atoms with Gasteiger partial charge in [-0.25, -0.2) is 0 Å². The molecule has 1 aliphatic carbocycles. The quantitative estimate of drug-likeness (QED) is 0.623. The zero-order chi connectivity index (χ0) is 8.55. The molecule has 1 aromatic carbocycles. The van der Waals surface area contributed by atoms with Gasteiger partial charge in [-0.3, -0.25) is 0 Å². The molecule has 1 N–H and O–H groups in total. The van der Waals surface area contributed by atoms with E-state index in [0.29, 0.717) is 0 Å². The molecule has 1 aliphatic rings. The Bertz CT molecular complexity index is 304. The molecular weight excluding hydrogens is 148 g/mol. The van der Waals surface area contributed by atoms with Crippen LogP contribution < -0.4 is 0 Å². The molecule has 0 unspecified atom stereocenters. The maximum atomic E-state index is 9.77. The van der Waals surface area contributed by atoms with E-state index in [1.165, 1.54) is 5.56 Å². The zero-order valence-corrected chi connectivity index (χ0v) is 6.90. The lowest BCUT2D eigenvalue weighted by Gasteiger charge is -2.08. The summed E-state index contributed by atoms with van der Waals surface area (Å²) in [5.74, 6) is 0.211. The predicted molar refractivity (Wildman–Crippen MR) is 48.8 cm³/mol. The molecule has 0 amide bonds. The van der Waals surface area contributed by atoms with Crippen LogP contribution in [0.3, 0.4) is 0 Å². The Labute approximate surface area is 72.4 Å². The van der Waals surface area contributed by atoms with E-state index >= 15 is 0 Å². The molecule has 1 nitrogen and oxygen atoms in total. The largest absolute Gasteiger partial charge is 0.388 e. The number of fused-ring (bicyclic) bond motifs is 1. The van der Waals surface area contributed by atoms with Gasteiger partial charge in [-0.1, -0.05) is 30.3 Å². The van der Waals surface area contributed by atoms with Crippen LogP contribution in [0, 0.1) is 5.92 Å².